The number of pyridine rings is 1. The van der Waals surface area contributed by atoms with Crippen molar-refractivity contribution >= 4 is 11.9 Å². The van der Waals surface area contributed by atoms with Gasteiger partial charge in [-0.1, -0.05) is 6.07 Å². The summed E-state index contributed by atoms with van der Waals surface area (Å²) in [5, 5.41) is 13.9. The molecule has 4 rings (SSSR count). The van der Waals surface area contributed by atoms with E-state index >= 15 is 0 Å². The molecule has 0 aliphatic carbocycles. The summed E-state index contributed by atoms with van der Waals surface area (Å²) >= 11 is 0. The largest absolute Gasteiger partial charge is 0.476 e. The quantitative estimate of drug-likeness (QED) is 0.690. The molecule has 0 atom stereocenters. The minimum absolute atomic E-state index is 0.0232. The van der Waals surface area contributed by atoms with Crippen LogP contribution in [-0.4, -0.2) is 43.2 Å². The number of aryl methyl sites for hydroxylation is 3. The minimum atomic E-state index is -1.07. The fourth-order valence-corrected chi connectivity index (χ4v) is 3.74. The van der Waals surface area contributed by atoms with Crippen LogP contribution < -0.4 is 0 Å². The summed E-state index contributed by atoms with van der Waals surface area (Å²) in [5.41, 5.74) is 3.44. The van der Waals surface area contributed by atoms with Gasteiger partial charge in [-0.2, -0.15) is 5.10 Å². The van der Waals surface area contributed by atoms with E-state index in [1.165, 1.54) is 6.26 Å². The normalized spacial score (nSPS) is 13.3. The van der Waals surface area contributed by atoms with Crippen LogP contribution in [0.2, 0.25) is 0 Å². The topological polar surface area (TPSA) is 101 Å². The lowest BCUT2D eigenvalue weighted by molar-refractivity contribution is 0.0665. The average molecular weight is 394 g/mol. The Hall–Kier alpha value is -3.42. The number of hydrogen-bond donors (Lipinski definition) is 1. The Bertz CT molecular complexity index is 1040. The Kier molecular flexibility index (Phi) is 5.16. The molecule has 1 N–H and O–H groups in total. The molecule has 1 aliphatic rings. The van der Waals surface area contributed by atoms with Crippen molar-refractivity contribution in [1.82, 2.24) is 19.7 Å². The zero-order chi connectivity index (χ0) is 20.4. The maximum absolute atomic E-state index is 12.8. The Morgan fingerprint density at radius 3 is 2.86 bits per heavy atom. The van der Waals surface area contributed by atoms with Gasteiger partial charge in [0.2, 0.25) is 0 Å². The van der Waals surface area contributed by atoms with Crippen LogP contribution in [0.1, 0.15) is 49.8 Å². The smallest absolute Gasteiger partial charge is 0.356 e. The molecule has 1 amide bonds. The van der Waals surface area contributed by atoms with Gasteiger partial charge in [0.05, 0.1) is 12.8 Å². The molecule has 0 spiro atoms. The highest BCUT2D eigenvalue weighted by Crippen LogP contribution is 2.25. The molecule has 0 aromatic carbocycles. The molecule has 8 nitrogen and oxygen atoms in total. The average Bonchev–Trinajstić information content (AvgIpc) is 3.31. The van der Waals surface area contributed by atoms with Gasteiger partial charge >= 0.3 is 5.97 Å². The van der Waals surface area contributed by atoms with Gasteiger partial charge < -0.3 is 14.4 Å². The van der Waals surface area contributed by atoms with E-state index in [2.05, 4.69) is 10.1 Å². The van der Waals surface area contributed by atoms with Gasteiger partial charge in [-0.25, -0.2) is 4.79 Å². The first-order valence-corrected chi connectivity index (χ1v) is 9.58. The number of carbonyl (C=O) groups is 2. The summed E-state index contributed by atoms with van der Waals surface area (Å²) in [6, 6.07) is 5.67. The number of aromatic nitrogens is 3. The predicted molar refractivity (Wildman–Crippen MR) is 104 cm³/mol. The van der Waals surface area contributed by atoms with Crippen molar-refractivity contribution in [1.29, 1.82) is 0 Å². The molecule has 8 heteroatoms. The standard InChI is InChI=1S/C21H22N4O4/c1-14-7-11-29-19(14)20(26)24-10-6-17-16(13-24)18(21(27)28)23-25(17)9-3-5-15-4-2-8-22-12-15/h2,4,7-8,11-12H,3,5-6,9-10,13H2,1H3,(H,27,28). The first-order valence-electron chi connectivity index (χ1n) is 9.58. The number of carboxylic acid groups (broad SMARTS) is 1. The number of carboxylic acids is 1. The highest BCUT2D eigenvalue weighted by Gasteiger charge is 2.31. The van der Waals surface area contributed by atoms with Crippen LogP contribution in [0.5, 0.6) is 0 Å². The Balaban J connectivity index is 1.52. The number of hydrogen-bond acceptors (Lipinski definition) is 5. The molecule has 3 aromatic heterocycles. The first-order chi connectivity index (χ1) is 14.0. The molecular formula is C21H22N4O4. The number of amides is 1. The first kappa shape index (κ1) is 18.9. The molecule has 0 saturated carbocycles. The van der Waals surface area contributed by atoms with Crippen molar-refractivity contribution in [3.8, 4) is 0 Å². The van der Waals surface area contributed by atoms with Gasteiger partial charge in [0.15, 0.2) is 11.5 Å². The number of furan rings is 1. The van der Waals surface area contributed by atoms with E-state index in [4.69, 9.17) is 4.42 Å². The molecule has 3 aromatic rings. The number of aromatic carboxylic acids is 1. The van der Waals surface area contributed by atoms with Crippen LogP contribution in [0.15, 0.2) is 41.3 Å². The summed E-state index contributed by atoms with van der Waals surface area (Å²) in [7, 11) is 0. The molecular weight excluding hydrogens is 372 g/mol. The van der Waals surface area contributed by atoms with E-state index in [1.54, 1.807) is 21.8 Å². The zero-order valence-electron chi connectivity index (χ0n) is 16.2. The summed E-state index contributed by atoms with van der Waals surface area (Å²) in [4.78, 5) is 30.2. The molecule has 0 radical (unpaired) electrons. The van der Waals surface area contributed by atoms with E-state index in [-0.39, 0.29) is 18.1 Å². The maximum atomic E-state index is 12.8. The Morgan fingerprint density at radius 1 is 1.31 bits per heavy atom. The number of carbonyl (C=O) groups excluding carboxylic acids is 1. The van der Waals surface area contributed by atoms with Crippen molar-refractivity contribution in [3.05, 3.63) is 70.7 Å². The lowest BCUT2D eigenvalue weighted by atomic mass is 10.0. The maximum Gasteiger partial charge on any atom is 0.356 e. The summed E-state index contributed by atoms with van der Waals surface area (Å²) in [6.07, 6.45) is 7.29. The van der Waals surface area contributed by atoms with E-state index < -0.39 is 5.97 Å². The van der Waals surface area contributed by atoms with Crippen LogP contribution in [-0.2, 0) is 25.9 Å². The minimum Gasteiger partial charge on any atom is -0.476 e. The lowest BCUT2D eigenvalue weighted by Crippen LogP contribution is -2.36. The van der Waals surface area contributed by atoms with Gasteiger partial charge in [-0.3, -0.25) is 14.5 Å². The second kappa shape index (κ2) is 7.90. The molecule has 4 heterocycles. The summed E-state index contributed by atoms with van der Waals surface area (Å²) in [5.74, 6) is -0.997. The van der Waals surface area contributed by atoms with Crippen LogP contribution in [0.25, 0.3) is 0 Å². The third kappa shape index (κ3) is 3.78. The lowest BCUT2D eigenvalue weighted by Gasteiger charge is -2.27. The van der Waals surface area contributed by atoms with Gasteiger partial charge in [0.1, 0.15) is 0 Å². The third-order valence-electron chi connectivity index (χ3n) is 5.24. The van der Waals surface area contributed by atoms with Gasteiger partial charge in [0, 0.05) is 48.7 Å². The van der Waals surface area contributed by atoms with Crippen molar-refractivity contribution < 1.29 is 19.1 Å². The van der Waals surface area contributed by atoms with Crippen LogP contribution in [0, 0.1) is 6.92 Å². The zero-order valence-corrected chi connectivity index (χ0v) is 16.2. The van der Waals surface area contributed by atoms with Crippen LogP contribution in [0.3, 0.4) is 0 Å². The van der Waals surface area contributed by atoms with E-state index in [0.717, 1.165) is 29.7 Å². The summed E-state index contributed by atoms with van der Waals surface area (Å²) < 4.78 is 7.10. The molecule has 0 bridgehead atoms. The van der Waals surface area contributed by atoms with Crippen molar-refractivity contribution in [2.45, 2.75) is 39.3 Å². The van der Waals surface area contributed by atoms with Crippen molar-refractivity contribution in [2.75, 3.05) is 6.54 Å². The number of nitrogens with zero attached hydrogens (tertiary/aromatic N) is 4. The SMILES string of the molecule is Cc1ccoc1C(=O)N1CCc2c(c(C(=O)O)nn2CCCc2cccnc2)C1. The van der Waals surface area contributed by atoms with E-state index in [0.29, 0.717) is 30.8 Å². The van der Waals surface area contributed by atoms with Gasteiger partial charge in [0.25, 0.3) is 5.91 Å². The van der Waals surface area contributed by atoms with E-state index in [1.807, 2.05) is 25.3 Å². The fourth-order valence-electron chi connectivity index (χ4n) is 3.74. The van der Waals surface area contributed by atoms with E-state index in [9.17, 15) is 14.7 Å². The summed E-state index contributed by atoms with van der Waals surface area (Å²) in [6.45, 7) is 3.16. The number of fused-ring (bicyclic) bond motifs is 1. The van der Waals surface area contributed by atoms with Crippen LogP contribution >= 0.6 is 0 Å². The highest BCUT2D eigenvalue weighted by atomic mass is 16.4. The molecule has 0 unspecified atom stereocenters. The molecule has 150 valence electrons. The van der Waals surface area contributed by atoms with Gasteiger partial charge in [-0.15, -0.1) is 0 Å². The fraction of sp³-hybridized carbons (Fsp3) is 0.333. The third-order valence-corrected chi connectivity index (χ3v) is 5.24. The second-order valence-corrected chi connectivity index (χ2v) is 7.18. The van der Waals surface area contributed by atoms with Gasteiger partial charge in [-0.05, 0) is 37.5 Å². The van der Waals surface area contributed by atoms with Crippen LogP contribution in [0.4, 0.5) is 0 Å². The molecule has 0 saturated heterocycles. The Labute approximate surface area is 167 Å². The predicted octanol–water partition coefficient (Wildman–Crippen LogP) is 2.71. The molecule has 1 aliphatic heterocycles. The highest BCUT2D eigenvalue weighted by molar-refractivity contribution is 5.93. The molecule has 0 fully saturated rings. The molecule has 29 heavy (non-hydrogen) atoms. The second-order valence-electron chi connectivity index (χ2n) is 7.18. The Morgan fingerprint density at radius 2 is 2.17 bits per heavy atom. The van der Waals surface area contributed by atoms with Crippen molar-refractivity contribution in [3.63, 3.8) is 0 Å². The number of rotatable bonds is 6. The van der Waals surface area contributed by atoms with Crippen molar-refractivity contribution in [2.24, 2.45) is 0 Å². The monoisotopic (exact) mass is 394 g/mol.